The van der Waals surface area contributed by atoms with E-state index in [-0.39, 0.29) is 6.61 Å². The molecule has 0 saturated carbocycles. The van der Waals surface area contributed by atoms with Crippen molar-refractivity contribution in [3.63, 3.8) is 0 Å². The number of nitrogens with one attached hydrogen (secondary N) is 1. The van der Waals surface area contributed by atoms with E-state index < -0.39 is 0 Å². The minimum Gasteiger partial charge on any atom is -0.493 e. The van der Waals surface area contributed by atoms with Gasteiger partial charge in [0.25, 0.3) is 0 Å². The number of hydrogen-bond donors (Lipinski definition) is 1. The van der Waals surface area contributed by atoms with Crippen molar-refractivity contribution in [1.82, 2.24) is 4.98 Å². The minimum absolute atomic E-state index is 0.0286. The molecule has 26 heavy (non-hydrogen) atoms. The van der Waals surface area contributed by atoms with Gasteiger partial charge in [-0.3, -0.25) is 5.43 Å². The molecule has 3 aromatic rings. The van der Waals surface area contributed by atoms with Gasteiger partial charge >= 0.3 is 0 Å². The van der Waals surface area contributed by atoms with Gasteiger partial charge in [0.2, 0.25) is 5.13 Å². The molecular weight excluding hydrogens is 348 g/mol. The quantitative estimate of drug-likeness (QED) is 0.503. The summed E-state index contributed by atoms with van der Waals surface area (Å²) >= 11 is 1.49. The van der Waals surface area contributed by atoms with Crippen LogP contribution in [0, 0.1) is 11.3 Å². The van der Waals surface area contributed by atoms with E-state index in [0.29, 0.717) is 16.6 Å². The number of methoxy groups -OCH3 is 1. The fourth-order valence-electron chi connectivity index (χ4n) is 2.22. The van der Waals surface area contributed by atoms with Gasteiger partial charge in [-0.2, -0.15) is 10.4 Å². The van der Waals surface area contributed by atoms with Crippen LogP contribution in [0.15, 0.2) is 59.0 Å². The van der Waals surface area contributed by atoms with E-state index in [2.05, 4.69) is 15.5 Å². The lowest BCUT2D eigenvalue weighted by molar-refractivity contribution is 0.329. The third-order valence-corrected chi connectivity index (χ3v) is 4.17. The van der Waals surface area contributed by atoms with E-state index in [0.717, 1.165) is 16.8 Å². The zero-order valence-electron chi connectivity index (χ0n) is 14.0. The standard InChI is InChI=1S/C19H16N4O2S/c1-24-18-11-14(7-8-17(18)25-10-9-20)12-21-23-19-22-16(13-26-19)15-5-3-2-4-6-15/h2-8,11-13H,10H2,1H3,(H,22,23)/b21-12-. The first-order valence-electron chi connectivity index (χ1n) is 7.78. The van der Waals surface area contributed by atoms with Crippen molar-refractivity contribution >= 4 is 22.7 Å². The topological polar surface area (TPSA) is 79.5 Å². The molecule has 0 aliphatic rings. The Morgan fingerprint density at radius 2 is 2.08 bits per heavy atom. The van der Waals surface area contributed by atoms with Gasteiger partial charge in [-0.05, 0) is 23.8 Å². The maximum Gasteiger partial charge on any atom is 0.203 e. The van der Waals surface area contributed by atoms with Gasteiger partial charge in [-0.1, -0.05) is 30.3 Å². The van der Waals surface area contributed by atoms with Crippen LogP contribution in [0.5, 0.6) is 11.5 Å². The Bertz CT molecular complexity index is 932. The Kier molecular flexibility index (Phi) is 5.80. The molecule has 0 amide bonds. The number of benzene rings is 2. The summed E-state index contributed by atoms with van der Waals surface area (Å²) in [6, 6.07) is 17.3. The third kappa shape index (κ3) is 4.37. The summed E-state index contributed by atoms with van der Waals surface area (Å²) in [6.45, 7) is -0.0286. The number of nitrogens with zero attached hydrogens (tertiary/aromatic N) is 3. The second-order valence-corrected chi connectivity index (χ2v) is 5.99. The van der Waals surface area contributed by atoms with Gasteiger partial charge in [-0.25, -0.2) is 4.98 Å². The number of hydrogen-bond acceptors (Lipinski definition) is 7. The zero-order chi connectivity index (χ0) is 18.2. The van der Waals surface area contributed by atoms with Gasteiger partial charge in [0, 0.05) is 10.9 Å². The second-order valence-electron chi connectivity index (χ2n) is 5.13. The van der Waals surface area contributed by atoms with E-state index in [9.17, 15) is 0 Å². The van der Waals surface area contributed by atoms with Crippen molar-refractivity contribution < 1.29 is 9.47 Å². The predicted octanol–water partition coefficient (Wildman–Crippen LogP) is 4.17. The summed E-state index contributed by atoms with van der Waals surface area (Å²) in [4.78, 5) is 4.51. The molecule has 0 fully saturated rings. The third-order valence-electron chi connectivity index (χ3n) is 3.43. The second kappa shape index (κ2) is 8.65. The molecule has 130 valence electrons. The molecular formula is C19H16N4O2S. The molecule has 6 nitrogen and oxygen atoms in total. The SMILES string of the molecule is COc1cc(/C=N\Nc2nc(-c3ccccc3)cs2)ccc1OCC#N. The number of nitriles is 1. The average molecular weight is 364 g/mol. The molecule has 0 aliphatic heterocycles. The normalized spacial score (nSPS) is 10.5. The van der Waals surface area contributed by atoms with Crippen LogP contribution in [0.25, 0.3) is 11.3 Å². The molecule has 3 rings (SSSR count). The van der Waals surface area contributed by atoms with Crippen LogP contribution >= 0.6 is 11.3 Å². The predicted molar refractivity (Wildman–Crippen MR) is 103 cm³/mol. The van der Waals surface area contributed by atoms with Gasteiger partial charge < -0.3 is 9.47 Å². The van der Waals surface area contributed by atoms with Crippen LogP contribution in [-0.4, -0.2) is 24.9 Å². The van der Waals surface area contributed by atoms with Crippen LogP contribution < -0.4 is 14.9 Å². The smallest absolute Gasteiger partial charge is 0.203 e. The molecule has 1 aromatic heterocycles. The fourth-order valence-corrected chi connectivity index (χ4v) is 2.89. The van der Waals surface area contributed by atoms with Gasteiger partial charge in [0.1, 0.15) is 6.07 Å². The first kappa shape index (κ1) is 17.5. The minimum atomic E-state index is -0.0286. The van der Waals surface area contributed by atoms with E-state index in [4.69, 9.17) is 14.7 Å². The molecule has 2 aromatic carbocycles. The van der Waals surface area contributed by atoms with Crippen molar-refractivity contribution in [2.24, 2.45) is 5.10 Å². The molecule has 7 heteroatoms. The highest BCUT2D eigenvalue weighted by Crippen LogP contribution is 2.28. The van der Waals surface area contributed by atoms with Gasteiger partial charge in [-0.15, -0.1) is 11.3 Å². The summed E-state index contributed by atoms with van der Waals surface area (Å²) in [6.07, 6.45) is 1.67. The average Bonchev–Trinajstić information content (AvgIpc) is 3.16. The lowest BCUT2D eigenvalue weighted by atomic mass is 10.2. The fraction of sp³-hybridized carbons (Fsp3) is 0.105. The Labute approximate surface area is 155 Å². The number of hydrazone groups is 1. The summed E-state index contributed by atoms with van der Waals surface area (Å²) in [7, 11) is 1.55. The molecule has 0 atom stereocenters. The number of ether oxygens (including phenoxy) is 2. The lowest BCUT2D eigenvalue weighted by Gasteiger charge is -2.08. The molecule has 0 aliphatic carbocycles. The molecule has 0 saturated heterocycles. The molecule has 0 unspecified atom stereocenters. The lowest BCUT2D eigenvalue weighted by Crippen LogP contribution is -1.98. The Hall–Kier alpha value is -3.37. The number of rotatable bonds is 7. The largest absolute Gasteiger partial charge is 0.493 e. The van der Waals surface area contributed by atoms with Crippen molar-refractivity contribution in [1.29, 1.82) is 5.26 Å². The molecule has 0 bridgehead atoms. The first-order chi connectivity index (χ1) is 12.8. The molecule has 1 heterocycles. The highest BCUT2D eigenvalue weighted by atomic mass is 32.1. The highest BCUT2D eigenvalue weighted by molar-refractivity contribution is 7.14. The molecule has 0 radical (unpaired) electrons. The number of anilines is 1. The summed E-state index contributed by atoms with van der Waals surface area (Å²) in [5.74, 6) is 1.07. The van der Waals surface area contributed by atoms with E-state index in [1.54, 1.807) is 25.5 Å². The number of thiazole rings is 1. The van der Waals surface area contributed by atoms with Crippen LogP contribution in [-0.2, 0) is 0 Å². The molecule has 1 N–H and O–H groups in total. The van der Waals surface area contributed by atoms with Crippen LogP contribution in [0.3, 0.4) is 0 Å². The van der Waals surface area contributed by atoms with Gasteiger partial charge in [0.15, 0.2) is 18.1 Å². The van der Waals surface area contributed by atoms with E-state index >= 15 is 0 Å². The van der Waals surface area contributed by atoms with Crippen LogP contribution in [0.1, 0.15) is 5.56 Å². The van der Waals surface area contributed by atoms with Crippen LogP contribution in [0.4, 0.5) is 5.13 Å². The zero-order valence-corrected chi connectivity index (χ0v) is 14.9. The van der Waals surface area contributed by atoms with Crippen molar-refractivity contribution in [2.75, 3.05) is 19.1 Å². The Balaban J connectivity index is 1.65. The summed E-state index contributed by atoms with van der Waals surface area (Å²) in [5.41, 5.74) is 5.74. The summed E-state index contributed by atoms with van der Waals surface area (Å²) in [5, 5.41) is 15.5. The monoisotopic (exact) mass is 364 g/mol. The highest BCUT2D eigenvalue weighted by Gasteiger charge is 2.05. The van der Waals surface area contributed by atoms with Crippen molar-refractivity contribution in [2.45, 2.75) is 0 Å². The molecule has 0 spiro atoms. The van der Waals surface area contributed by atoms with Gasteiger partial charge in [0.05, 0.1) is 19.0 Å². The Morgan fingerprint density at radius 3 is 2.85 bits per heavy atom. The van der Waals surface area contributed by atoms with E-state index in [1.807, 2.05) is 47.8 Å². The van der Waals surface area contributed by atoms with E-state index in [1.165, 1.54) is 11.3 Å². The van der Waals surface area contributed by atoms with Crippen molar-refractivity contribution in [3.05, 3.63) is 59.5 Å². The maximum absolute atomic E-state index is 8.59. The Morgan fingerprint density at radius 1 is 1.23 bits per heavy atom. The van der Waals surface area contributed by atoms with Crippen LogP contribution in [0.2, 0.25) is 0 Å². The van der Waals surface area contributed by atoms with Crippen molar-refractivity contribution in [3.8, 4) is 28.8 Å². The maximum atomic E-state index is 8.59. The summed E-state index contributed by atoms with van der Waals surface area (Å²) < 4.78 is 10.6. The number of aromatic nitrogens is 1. The first-order valence-corrected chi connectivity index (χ1v) is 8.66.